The number of aliphatic hydroxyl groups is 1. The second-order valence-electron chi connectivity index (χ2n) is 5.06. The van der Waals surface area contributed by atoms with Gasteiger partial charge in [-0.25, -0.2) is 0 Å². The average molecular weight is 266 g/mol. The Balaban J connectivity index is 1.91. The van der Waals surface area contributed by atoms with Gasteiger partial charge in [0.1, 0.15) is 0 Å². The van der Waals surface area contributed by atoms with Gasteiger partial charge in [-0.2, -0.15) is 5.10 Å². The number of nitrogens with zero attached hydrogens (tertiary/aromatic N) is 1. The summed E-state index contributed by atoms with van der Waals surface area (Å²) in [7, 11) is 0. The number of hydrogen-bond donors (Lipinski definition) is 4. The minimum Gasteiger partial charge on any atom is -0.391 e. The molecule has 0 aliphatic carbocycles. The van der Waals surface area contributed by atoms with Gasteiger partial charge in [0.25, 0.3) is 5.91 Å². The van der Waals surface area contributed by atoms with E-state index in [0.29, 0.717) is 18.8 Å². The number of rotatable bonds is 4. The minimum absolute atomic E-state index is 0.120. The van der Waals surface area contributed by atoms with E-state index < -0.39 is 0 Å². The summed E-state index contributed by atoms with van der Waals surface area (Å²) in [5.41, 5.74) is 2.36. The molecule has 4 N–H and O–H groups in total. The summed E-state index contributed by atoms with van der Waals surface area (Å²) in [6.07, 6.45) is 1.32. The van der Waals surface area contributed by atoms with Crippen LogP contribution in [0.4, 0.5) is 0 Å². The van der Waals surface area contributed by atoms with E-state index in [1.807, 2.05) is 13.8 Å². The summed E-state index contributed by atoms with van der Waals surface area (Å²) in [5, 5.41) is 22.7. The summed E-state index contributed by atoms with van der Waals surface area (Å²) in [6, 6.07) is 0. The predicted molar refractivity (Wildman–Crippen MR) is 72.0 cm³/mol. The summed E-state index contributed by atoms with van der Waals surface area (Å²) >= 11 is 0. The van der Waals surface area contributed by atoms with Crippen LogP contribution in [0.5, 0.6) is 0 Å². The molecule has 6 heteroatoms. The average Bonchev–Trinajstić information content (AvgIpc) is 2.78. The van der Waals surface area contributed by atoms with Crippen molar-refractivity contribution in [1.29, 1.82) is 0 Å². The first-order chi connectivity index (χ1) is 9.13. The Morgan fingerprint density at radius 3 is 3.00 bits per heavy atom. The van der Waals surface area contributed by atoms with Crippen LogP contribution in [0.2, 0.25) is 0 Å². The van der Waals surface area contributed by atoms with Crippen LogP contribution in [0, 0.1) is 12.8 Å². The van der Waals surface area contributed by atoms with Crippen molar-refractivity contribution in [3.8, 4) is 0 Å². The summed E-state index contributed by atoms with van der Waals surface area (Å²) in [5.74, 6) is -0.0470. The fourth-order valence-electron chi connectivity index (χ4n) is 2.44. The molecule has 1 aliphatic heterocycles. The molecule has 19 heavy (non-hydrogen) atoms. The molecule has 6 nitrogen and oxygen atoms in total. The first-order valence-corrected chi connectivity index (χ1v) is 6.84. The monoisotopic (exact) mass is 266 g/mol. The number of carbonyl (C=O) groups is 1. The first-order valence-electron chi connectivity index (χ1n) is 6.84. The van der Waals surface area contributed by atoms with Crippen molar-refractivity contribution in [2.45, 2.75) is 32.8 Å². The Kier molecular flexibility index (Phi) is 4.55. The van der Waals surface area contributed by atoms with Crippen molar-refractivity contribution in [2.75, 3.05) is 19.6 Å². The van der Waals surface area contributed by atoms with Gasteiger partial charge in [-0.1, -0.05) is 6.92 Å². The fraction of sp³-hybridized carbons (Fsp3) is 0.692. The molecule has 2 atom stereocenters. The Labute approximate surface area is 113 Å². The van der Waals surface area contributed by atoms with E-state index >= 15 is 0 Å². The maximum Gasteiger partial charge on any atom is 0.272 e. The lowest BCUT2D eigenvalue weighted by Gasteiger charge is -2.28. The number of aryl methyl sites for hydroxylation is 1. The van der Waals surface area contributed by atoms with Gasteiger partial charge >= 0.3 is 0 Å². The van der Waals surface area contributed by atoms with Crippen LogP contribution in [-0.2, 0) is 6.42 Å². The normalized spacial score (nSPS) is 23.3. The van der Waals surface area contributed by atoms with Gasteiger partial charge < -0.3 is 15.7 Å². The number of aromatic nitrogens is 2. The van der Waals surface area contributed by atoms with Crippen molar-refractivity contribution in [3.05, 3.63) is 17.0 Å². The maximum atomic E-state index is 12.1. The molecule has 1 aromatic heterocycles. The van der Waals surface area contributed by atoms with Crippen molar-refractivity contribution in [3.63, 3.8) is 0 Å². The summed E-state index contributed by atoms with van der Waals surface area (Å²) < 4.78 is 0. The standard InChI is InChI=1S/C13H22N4O2/c1-3-10-8(2)12(17-16-10)13(19)15-6-9-4-5-14-7-11(9)18/h9,11,14,18H,3-7H2,1-2H3,(H,15,19)(H,16,17)/t9-,11+/m0/s1. The molecule has 1 fully saturated rings. The van der Waals surface area contributed by atoms with E-state index in [-0.39, 0.29) is 17.9 Å². The van der Waals surface area contributed by atoms with Gasteiger partial charge in [0.05, 0.1) is 6.10 Å². The van der Waals surface area contributed by atoms with E-state index in [4.69, 9.17) is 0 Å². The lowest BCUT2D eigenvalue weighted by Crippen LogP contribution is -2.45. The van der Waals surface area contributed by atoms with E-state index in [1.165, 1.54) is 0 Å². The zero-order valence-electron chi connectivity index (χ0n) is 11.5. The van der Waals surface area contributed by atoms with Crippen LogP contribution >= 0.6 is 0 Å². The zero-order chi connectivity index (χ0) is 13.8. The molecular formula is C13H22N4O2. The number of β-amino-alcohol motifs (C(OH)–C–C–N with tert-alkyl or cyclic N) is 1. The van der Waals surface area contributed by atoms with Crippen LogP contribution in [0.25, 0.3) is 0 Å². The Hall–Kier alpha value is -1.40. The quantitative estimate of drug-likeness (QED) is 0.616. The Bertz CT molecular complexity index is 444. The highest BCUT2D eigenvalue weighted by Gasteiger charge is 2.24. The van der Waals surface area contributed by atoms with Crippen LogP contribution in [0.1, 0.15) is 35.1 Å². The van der Waals surface area contributed by atoms with Crippen molar-refractivity contribution in [1.82, 2.24) is 20.8 Å². The molecule has 2 rings (SSSR count). The van der Waals surface area contributed by atoms with Crippen LogP contribution in [0.15, 0.2) is 0 Å². The van der Waals surface area contributed by atoms with E-state index in [1.54, 1.807) is 0 Å². The highest BCUT2D eigenvalue weighted by Crippen LogP contribution is 2.13. The number of carbonyl (C=O) groups excluding carboxylic acids is 1. The topological polar surface area (TPSA) is 90.0 Å². The second-order valence-corrected chi connectivity index (χ2v) is 5.06. The predicted octanol–water partition coefficient (Wildman–Crippen LogP) is -0.0193. The van der Waals surface area contributed by atoms with E-state index in [0.717, 1.165) is 30.6 Å². The van der Waals surface area contributed by atoms with Gasteiger partial charge in [-0.05, 0) is 26.3 Å². The smallest absolute Gasteiger partial charge is 0.272 e. The lowest BCUT2D eigenvalue weighted by molar-refractivity contribution is 0.0751. The van der Waals surface area contributed by atoms with Crippen LogP contribution in [-0.4, -0.2) is 46.9 Å². The Morgan fingerprint density at radius 2 is 2.37 bits per heavy atom. The molecule has 1 aliphatic rings. The van der Waals surface area contributed by atoms with Crippen molar-refractivity contribution < 1.29 is 9.90 Å². The maximum absolute atomic E-state index is 12.1. The highest BCUT2D eigenvalue weighted by atomic mass is 16.3. The molecule has 1 saturated heterocycles. The zero-order valence-corrected chi connectivity index (χ0v) is 11.5. The number of amides is 1. The molecule has 0 spiro atoms. The fourth-order valence-corrected chi connectivity index (χ4v) is 2.44. The number of piperidine rings is 1. The second kappa shape index (κ2) is 6.16. The third-order valence-electron chi connectivity index (χ3n) is 3.79. The molecule has 0 bridgehead atoms. The first kappa shape index (κ1) is 14.0. The molecule has 106 valence electrons. The van der Waals surface area contributed by atoms with Crippen molar-refractivity contribution >= 4 is 5.91 Å². The van der Waals surface area contributed by atoms with E-state index in [2.05, 4.69) is 20.8 Å². The summed E-state index contributed by atoms with van der Waals surface area (Å²) in [6.45, 7) is 5.90. The number of hydrogen-bond acceptors (Lipinski definition) is 4. The highest BCUT2D eigenvalue weighted by molar-refractivity contribution is 5.93. The molecule has 0 aromatic carbocycles. The third kappa shape index (κ3) is 3.13. The minimum atomic E-state index is -0.388. The number of nitrogens with one attached hydrogen (secondary N) is 3. The van der Waals surface area contributed by atoms with Gasteiger partial charge in [0, 0.05) is 30.3 Å². The van der Waals surface area contributed by atoms with Gasteiger partial charge in [0.15, 0.2) is 5.69 Å². The largest absolute Gasteiger partial charge is 0.391 e. The Morgan fingerprint density at radius 1 is 1.58 bits per heavy atom. The third-order valence-corrected chi connectivity index (χ3v) is 3.79. The number of aromatic amines is 1. The molecule has 2 heterocycles. The molecule has 0 saturated carbocycles. The van der Waals surface area contributed by atoms with Gasteiger partial charge in [0.2, 0.25) is 0 Å². The van der Waals surface area contributed by atoms with Gasteiger partial charge in [-0.15, -0.1) is 0 Å². The van der Waals surface area contributed by atoms with Crippen LogP contribution < -0.4 is 10.6 Å². The molecule has 0 radical (unpaired) electrons. The van der Waals surface area contributed by atoms with Crippen LogP contribution in [0.3, 0.4) is 0 Å². The van der Waals surface area contributed by atoms with Crippen molar-refractivity contribution in [2.24, 2.45) is 5.92 Å². The van der Waals surface area contributed by atoms with Gasteiger partial charge in [-0.3, -0.25) is 9.89 Å². The van der Waals surface area contributed by atoms with E-state index in [9.17, 15) is 9.90 Å². The molecular weight excluding hydrogens is 244 g/mol. The summed E-state index contributed by atoms with van der Waals surface area (Å²) in [4.78, 5) is 12.1. The molecule has 1 aromatic rings. The molecule has 1 amide bonds. The number of aliphatic hydroxyl groups excluding tert-OH is 1. The number of H-pyrrole nitrogens is 1. The lowest BCUT2D eigenvalue weighted by atomic mass is 9.95. The molecule has 0 unspecified atom stereocenters. The SMILES string of the molecule is CCc1[nH]nc(C(=O)NC[C@@H]2CCNC[C@H]2O)c1C.